The topological polar surface area (TPSA) is 64.5 Å². The molecule has 4 aromatic heterocycles. The summed E-state index contributed by atoms with van der Waals surface area (Å²) in [5, 5.41) is 2.18. The van der Waals surface area contributed by atoms with Crippen molar-refractivity contribution >= 4 is 21.8 Å². The van der Waals surface area contributed by atoms with E-state index in [1.807, 2.05) is 48.5 Å². The van der Waals surface area contributed by atoms with E-state index < -0.39 is 0 Å². The number of pyridine rings is 3. The van der Waals surface area contributed by atoms with Crippen molar-refractivity contribution in [3.05, 3.63) is 200 Å². The lowest BCUT2D eigenvalue weighted by molar-refractivity contribution is 1.17. The lowest BCUT2D eigenvalue weighted by atomic mass is 9.95. The number of benzene rings is 6. The molecule has 0 spiro atoms. The van der Waals surface area contributed by atoms with Crippen LogP contribution in [0.3, 0.4) is 0 Å². The molecule has 0 saturated carbocycles. The Bertz CT molecular complexity index is 2960. The second-order valence-corrected chi connectivity index (χ2v) is 14.2. The van der Waals surface area contributed by atoms with E-state index in [9.17, 15) is 0 Å². The zero-order valence-corrected chi connectivity index (χ0v) is 31.2. The highest BCUT2D eigenvalue weighted by atomic mass is 14.9. The molecule has 0 aliphatic carbocycles. The van der Waals surface area contributed by atoms with Crippen LogP contribution < -0.4 is 0 Å². The molecule has 0 unspecified atom stereocenters. The second-order valence-electron chi connectivity index (χ2n) is 14.2. The molecule has 5 nitrogen and oxygen atoms in total. The van der Waals surface area contributed by atoms with Gasteiger partial charge in [0.15, 0.2) is 5.82 Å². The van der Waals surface area contributed by atoms with Gasteiger partial charge in [0.2, 0.25) is 0 Å². The summed E-state index contributed by atoms with van der Waals surface area (Å²) in [6.45, 7) is 2.06. The van der Waals surface area contributed by atoms with Gasteiger partial charge in [-0.25, -0.2) is 15.0 Å². The lowest BCUT2D eigenvalue weighted by Gasteiger charge is -2.12. The molecule has 0 aliphatic rings. The second kappa shape index (κ2) is 14.5. The third-order valence-electron chi connectivity index (χ3n) is 10.5. The predicted octanol–water partition coefficient (Wildman–Crippen LogP) is 12.9. The molecule has 6 aromatic carbocycles. The van der Waals surface area contributed by atoms with Crippen LogP contribution in [0.1, 0.15) is 5.69 Å². The first-order valence-electron chi connectivity index (χ1n) is 19.1. The fourth-order valence-electron chi connectivity index (χ4n) is 7.51. The van der Waals surface area contributed by atoms with Gasteiger partial charge in [0.25, 0.3) is 0 Å². The molecular formula is C52H35N5. The Morgan fingerprint density at radius 2 is 0.860 bits per heavy atom. The maximum atomic E-state index is 5.11. The lowest BCUT2D eigenvalue weighted by Crippen LogP contribution is -1.96. The van der Waals surface area contributed by atoms with E-state index in [-0.39, 0.29) is 0 Å². The molecule has 57 heavy (non-hydrogen) atoms. The Balaban J connectivity index is 0.916. The van der Waals surface area contributed by atoms with Crippen LogP contribution in [-0.4, -0.2) is 24.9 Å². The van der Waals surface area contributed by atoms with E-state index in [0.717, 1.165) is 94.7 Å². The Hall–Kier alpha value is -7.63. The van der Waals surface area contributed by atoms with Gasteiger partial charge < -0.3 is 0 Å². The van der Waals surface area contributed by atoms with Gasteiger partial charge in [0.1, 0.15) is 0 Å². The van der Waals surface area contributed by atoms with Crippen LogP contribution in [0, 0.1) is 6.92 Å². The minimum atomic E-state index is 0.653. The third-order valence-corrected chi connectivity index (χ3v) is 10.5. The van der Waals surface area contributed by atoms with Gasteiger partial charge in [0.05, 0.1) is 28.1 Å². The summed E-state index contributed by atoms with van der Waals surface area (Å²) in [4.78, 5) is 24.3. The Kier molecular flexibility index (Phi) is 8.65. The average molecular weight is 730 g/mol. The molecular weight excluding hydrogens is 695 g/mol. The van der Waals surface area contributed by atoms with Crippen LogP contribution in [0.4, 0.5) is 0 Å². The van der Waals surface area contributed by atoms with Crippen molar-refractivity contribution in [3.63, 3.8) is 0 Å². The summed E-state index contributed by atoms with van der Waals surface area (Å²) in [6.07, 6.45) is 3.57. The molecule has 0 radical (unpaired) electrons. The quantitative estimate of drug-likeness (QED) is 0.153. The van der Waals surface area contributed by atoms with Gasteiger partial charge in [-0.05, 0) is 70.6 Å². The molecule has 10 rings (SSSR count). The standard InChI is InChI=1S/C52H35N5/c1-34-31-46(45-28-26-43-27-29-47(40-9-4-2-5-10-40)55-50(43)51(45)54-34)39-22-18-37(19-23-39)35-14-16-36(17-15-35)38-20-24-42(25-21-38)49-32-48(41-11-6-3-7-12-41)56-52(57-49)44-13-8-30-53-33-44/h2-33H,1H3. The average Bonchev–Trinajstić information content (AvgIpc) is 3.29. The first-order chi connectivity index (χ1) is 28.1. The minimum absolute atomic E-state index is 0.653. The van der Waals surface area contributed by atoms with Crippen LogP contribution in [0.15, 0.2) is 194 Å². The zero-order valence-electron chi connectivity index (χ0n) is 31.2. The molecule has 10 aromatic rings. The van der Waals surface area contributed by atoms with Gasteiger partial charge in [0, 0.05) is 51.1 Å². The summed E-state index contributed by atoms with van der Waals surface area (Å²) in [7, 11) is 0. The third kappa shape index (κ3) is 6.72. The van der Waals surface area contributed by atoms with Crippen LogP contribution >= 0.6 is 0 Å². The van der Waals surface area contributed by atoms with E-state index >= 15 is 0 Å². The van der Waals surface area contributed by atoms with Crippen molar-refractivity contribution in [1.29, 1.82) is 0 Å². The summed E-state index contributed by atoms with van der Waals surface area (Å²) < 4.78 is 0. The molecule has 268 valence electrons. The zero-order chi connectivity index (χ0) is 38.1. The van der Waals surface area contributed by atoms with Gasteiger partial charge in [-0.2, -0.15) is 0 Å². The molecule has 4 heterocycles. The van der Waals surface area contributed by atoms with Crippen LogP contribution in [0.25, 0.3) is 100 Å². The van der Waals surface area contributed by atoms with Crippen molar-refractivity contribution in [1.82, 2.24) is 24.9 Å². The number of hydrogen-bond acceptors (Lipinski definition) is 5. The van der Waals surface area contributed by atoms with Crippen molar-refractivity contribution < 1.29 is 0 Å². The fourth-order valence-corrected chi connectivity index (χ4v) is 7.51. The van der Waals surface area contributed by atoms with Gasteiger partial charge >= 0.3 is 0 Å². The summed E-state index contributed by atoms with van der Waals surface area (Å²) in [5.41, 5.74) is 16.5. The Labute approximate surface area is 331 Å². The van der Waals surface area contributed by atoms with Crippen molar-refractivity contribution in [3.8, 4) is 78.5 Å². The van der Waals surface area contributed by atoms with E-state index in [4.69, 9.17) is 19.9 Å². The smallest absolute Gasteiger partial charge is 0.161 e. The van der Waals surface area contributed by atoms with Crippen LogP contribution in [0.5, 0.6) is 0 Å². The fraction of sp³-hybridized carbons (Fsp3) is 0.0192. The van der Waals surface area contributed by atoms with E-state index in [0.29, 0.717) is 5.82 Å². The molecule has 0 saturated heterocycles. The minimum Gasteiger partial charge on any atom is -0.264 e. The first kappa shape index (κ1) is 33.9. The number of aryl methyl sites for hydroxylation is 1. The summed E-state index contributed by atoms with van der Waals surface area (Å²) in [5.74, 6) is 0.653. The van der Waals surface area contributed by atoms with Crippen LogP contribution in [-0.2, 0) is 0 Å². The summed E-state index contributed by atoms with van der Waals surface area (Å²) >= 11 is 0. The molecule has 0 bridgehead atoms. The van der Waals surface area contributed by atoms with E-state index in [2.05, 4.69) is 145 Å². The van der Waals surface area contributed by atoms with Gasteiger partial charge in [-0.3, -0.25) is 9.97 Å². The number of aromatic nitrogens is 5. The van der Waals surface area contributed by atoms with Crippen molar-refractivity contribution in [2.75, 3.05) is 0 Å². The van der Waals surface area contributed by atoms with Gasteiger partial charge in [-0.1, -0.05) is 152 Å². The maximum absolute atomic E-state index is 5.11. The molecule has 0 atom stereocenters. The monoisotopic (exact) mass is 729 g/mol. The largest absolute Gasteiger partial charge is 0.264 e. The number of fused-ring (bicyclic) bond motifs is 3. The highest BCUT2D eigenvalue weighted by Crippen LogP contribution is 2.35. The Morgan fingerprint density at radius 1 is 0.351 bits per heavy atom. The van der Waals surface area contributed by atoms with Crippen LogP contribution in [0.2, 0.25) is 0 Å². The maximum Gasteiger partial charge on any atom is 0.161 e. The highest BCUT2D eigenvalue weighted by molar-refractivity contribution is 6.08. The molecule has 0 amide bonds. The van der Waals surface area contributed by atoms with Crippen molar-refractivity contribution in [2.24, 2.45) is 0 Å². The molecule has 0 fully saturated rings. The SMILES string of the molecule is Cc1cc(-c2ccc(-c3ccc(-c4ccc(-c5cc(-c6ccccc6)nc(-c6cccnc6)n5)cc4)cc3)cc2)c2ccc3ccc(-c4ccccc4)nc3c2n1. The van der Waals surface area contributed by atoms with Crippen molar-refractivity contribution in [2.45, 2.75) is 6.92 Å². The van der Waals surface area contributed by atoms with E-state index in [1.165, 1.54) is 5.56 Å². The highest BCUT2D eigenvalue weighted by Gasteiger charge is 2.14. The molecule has 5 heteroatoms. The molecule has 0 N–H and O–H groups in total. The number of nitrogens with zero attached hydrogens (tertiary/aromatic N) is 5. The normalized spacial score (nSPS) is 11.2. The molecule has 0 aliphatic heterocycles. The first-order valence-corrected chi connectivity index (χ1v) is 19.1. The predicted molar refractivity (Wildman–Crippen MR) is 233 cm³/mol. The Morgan fingerprint density at radius 3 is 1.44 bits per heavy atom. The number of hydrogen-bond donors (Lipinski definition) is 0. The number of rotatable bonds is 7. The van der Waals surface area contributed by atoms with E-state index in [1.54, 1.807) is 12.4 Å². The summed E-state index contributed by atoms with van der Waals surface area (Å²) in [6, 6.07) is 63.5. The van der Waals surface area contributed by atoms with Gasteiger partial charge in [-0.15, -0.1) is 0 Å².